The quantitative estimate of drug-likeness (QED) is 0.622. The monoisotopic (exact) mass is 384 g/mol. The maximum atomic E-state index is 13.0. The predicted molar refractivity (Wildman–Crippen MR) is 101 cm³/mol. The van der Waals surface area contributed by atoms with Crippen LogP contribution in [0.2, 0.25) is 0 Å². The highest BCUT2D eigenvalue weighted by atomic mass is 32.2. The van der Waals surface area contributed by atoms with Gasteiger partial charge in [0.15, 0.2) is 6.61 Å². The Morgan fingerprint density at radius 3 is 2.80 bits per heavy atom. The fourth-order valence-electron chi connectivity index (χ4n) is 2.35. The summed E-state index contributed by atoms with van der Waals surface area (Å²) in [4.78, 5) is 25.5. The molecule has 0 radical (unpaired) electrons. The minimum atomic E-state index is -0.517. The number of anilines is 1. The lowest BCUT2D eigenvalue weighted by molar-refractivity contribution is -0.144. The number of carbonyl (C=O) groups is 2. The van der Waals surface area contributed by atoms with Crippen molar-refractivity contribution in [3.8, 4) is 0 Å². The number of ether oxygens (including phenoxy) is 1. The van der Waals surface area contributed by atoms with E-state index < -0.39 is 24.3 Å². The average molecular weight is 384 g/mol. The molecule has 1 N–H and O–H groups in total. The Kier molecular flexibility index (Phi) is 7.64. The Hall–Kier alpha value is -1.67. The molecule has 0 unspecified atom stereocenters. The second kappa shape index (κ2) is 9.72. The topological polar surface area (TPSA) is 58.6 Å². The lowest BCUT2D eigenvalue weighted by Gasteiger charge is -2.31. The number of nitrogens with zero attached hydrogens (tertiary/aromatic N) is 1. The molecule has 136 valence electrons. The van der Waals surface area contributed by atoms with Crippen LogP contribution in [0.3, 0.4) is 0 Å². The second-order valence-electron chi connectivity index (χ2n) is 5.94. The number of likely N-dealkylation sites (tertiary alicyclic amines) is 1. The molecule has 1 aliphatic heterocycles. The highest BCUT2D eigenvalue weighted by Gasteiger charge is 2.19. The number of thiocarbonyl (C=S) groups is 1. The third-order valence-electron chi connectivity index (χ3n) is 3.83. The number of piperidine rings is 1. The lowest BCUT2D eigenvalue weighted by Crippen LogP contribution is -2.35. The van der Waals surface area contributed by atoms with Crippen molar-refractivity contribution < 1.29 is 18.7 Å². The number of nitrogens with one attached hydrogen (secondary N) is 1. The third kappa shape index (κ3) is 6.99. The average Bonchev–Trinajstić information content (AvgIpc) is 2.58. The van der Waals surface area contributed by atoms with Gasteiger partial charge in [0, 0.05) is 18.8 Å². The first-order chi connectivity index (χ1) is 11.9. The SMILES string of the molecule is CC1CCN(C(=S)SCC(=O)OCC(=O)Nc2cccc(F)c2)CC1. The molecule has 8 heteroatoms. The van der Waals surface area contributed by atoms with Crippen LogP contribution in [-0.2, 0) is 14.3 Å². The first-order valence-electron chi connectivity index (χ1n) is 8.07. The van der Waals surface area contributed by atoms with Crippen LogP contribution in [0.25, 0.3) is 0 Å². The summed E-state index contributed by atoms with van der Waals surface area (Å²) in [7, 11) is 0. The molecular weight excluding hydrogens is 363 g/mol. The summed E-state index contributed by atoms with van der Waals surface area (Å²) in [5.41, 5.74) is 0.316. The van der Waals surface area contributed by atoms with E-state index in [0.717, 1.165) is 25.9 Å². The van der Waals surface area contributed by atoms with Gasteiger partial charge in [-0.15, -0.1) is 0 Å². The molecule has 0 atom stereocenters. The van der Waals surface area contributed by atoms with Crippen LogP contribution in [0.15, 0.2) is 24.3 Å². The molecule has 0 aromatic heterocycles. The summed E-state index contributed by atoms with van der Waals surface area (Å²) < 4.78 is 18.6. The summed E-state index contributed by atoms with van der Waals surface area (Å²) in [6.07, 6.45) is 2.21. The van der Waals surface area contributed by atoms with Crippen molar-refractivity contribution in [3.63, 3.8) is 0 Å². The molecular formula is C17H21FN2O3S2. The Balaban J connectivity index is 1.65. The van der Waals surface area contributed by atoms with Gasteiger partial charge in [0.05, 0.1) is 5.75 Å². The summed E-state index contributed by atoms with van der Waals surface area (Å²) in [5, 5.41) is 2.46. The number of hydrogen-bond donors (Lipinski definition) is 1. The van der Waals surface area contributed by atoms with Gasteiger partial charge in [-0.1, -0.05) is 37.0 Å². The number of hydrogen-bond acceptors (Lipinski definition) is 5. The Labute approximate surface area is 156 Å². The molecule has 0 bridgehead atoms. The lowest BCUT2D eigenvalue weighted by atomic mass is 10.00. The van der Waals surface area contributed by atoms with E-state index in [-0.39, 0.29) is 5.75 Å². The van der Waals surface area contributed by atoms with Crippen molar-refractivity contribution >= 4 is 45.9 Å². The molecule has 1 heterocycles. The van der Waals surface area contributed by atoms with E-state index in [1.54, 1.807) is 6.07 Å². The van der Waals surface area contributed by atoms with E-state index in [4.69, 9.17) is 17.0 Å². The van der Waals surface area contributed by atoms with Gasteiger partial charge in [0.25, 0.3) is 5.91 Å². The number of esters is 1. The van der Waals surface area contributed by atoms with Crippen molar-refractivity contribution in [2.75, 3.05) is 30.8 Å². The molecule has 1 aromatic carbocycles. The van der Waals surface area contributed by atoms with Gasteiger partial charge in [-0.3, -0.25) is 9.59 Å². The highest BCUT2D eigenvalue weighted by molar-refractivity contribution is 8.23. The molecule has 1 saturated heterocycles. The number of amides is 1. The molecule has 1 aliphatic rings. The minimum Gasteiger partial charge on any atom is -0.455 e. The van der Waals surface area contributed by atoms with E-state index in [0.29, 0.717) is 15.9 Å². The molecule has 5 nitrogen and oxygen atoms in total. The number of rotatable bonds is 5. The van der Waals surface area contributed by atoms with Gasteiger partial charge in [-0.05, 0) is 37.0 Å². The van der Waals surface area contributed by atoms with Crippen LogP contribution in [0.1, 0.15) is 19.8 Å². The fourth-order valence-corrected chi connectivity index (χ4v) is 3.40. The van der Waals surface area contributed by atoms with E-state index in [9.17, 15) is 14.0 Å². The molecule has 0 aliphatic carbocycles. The minimum absolute atomic E-state index is 0.0676. The first kappa shape index (κ1) is 19.7. The number of halogens is 1. The van der Waals surface area contributed by atoms with Crippen LogP contribution in [0, 0.1) is 11.7 Å². The molecule has 25 heavy (non-hydrogen) atoms. The van der Waals surface area contributed by atoms with Crippen LogP contribution >= 0.6 is 24.0 Å². The van der Waals surface area contributed by atoms with Crippen molar-refractivity contribution in [1.82, 2.24) is 4.90 Å². The van der Waals surface area contributed by atoms with Crippen molar-refractivity contribution in [2.24, 2.45) is 5.92 Å². The molecule has 1 amide bonds. The van der Waals surface area contributed by atoms with Gasteiger partial charge in [-0.2, -0.15) is 0 Å². The standard InChI is InChI=1S/C17H21FN2O3S2/c1-12-5-7-20(8-6-12)17(24)25-11-16(22)23-10-15(21)19-14-4-2-3-13(18)9-14/h2-4,9,12H,5-8,10-11H2,1H3,(H,19,21). The van der Waals surface area contributed by atoms with Gasteiger partial charge in [-0.25, -0.2) is 4.39 Å². The van der Waals surface area contributed by atoms with E-state index in [2.05, 4.69) is 17.1 Å². The predicted octanol–water partition coefficient (Wildman–Crippen LogP) is 3.06. The summed E-state index contributed by atoms with van der Waals surface area (Å²) in [6, 6.07) is 5.50. The number of benzene rings is 1. The fraction of sp³-hybridized carbons (Fsp3) is 0.471. The van der Waals surface area contributed by atoms with Crippen LogP contribution in [0.4, 0.5) is 10.1 Å². The zero-order valence-electron chi connectivity index (χ0n) is 14.0. The molecule has 2 rings (SSSR count). The third-order valence-corrected chi connectivity index (χ3v) is 5.32. The molecule has 0 spiro atoms. The van der Waals surface area contributed by atoms with E-state index in [1.165, 1.54) is 30.0 Å². The summed E-state index contributed by atoms with van der Waals surface area (Å²) >= 11 is 6.58. The summed E-state index contributed by atoms with van der Waals surface area (Å²) in [6.45, 7) is 3.64. The maximum Gasteiger partial charge on any atom is 0.316 e. The summed E-state index contributed by atoms with van der Waals surface area (Å²) in [5.74, 6) is -0.695. The first-order valence-corrected chi connectivity index (χ1v) is 9.46. The maximum absolute atomic E-state index is 13.0. The Morgan fingerprint density at radius 1 is 1.40 bits per heavy atom. The zero-order valence-corrected chi connectivity index (χ0v) is 15.6. The molecule has 0 saturated carbocycles. The largest absolute Gasteiger partial charge is 0.455 e. The van der Waals surface area contributed by atoms with Crippen molar-refractivity contribution in [3.05, 3.63) is 30.1 Å². The smallest absolute Gasteiger partial charge is 0.316 e. The number of thioether (sulfide) groups is 1. The Morgan fingerprint density at radius 2 is 2.12 bits per heavy atom. The van der Waals surface area contributed by atoms with Crippen LogP contribution in [0.5, 0.6) is 0 Å². The van der Waals surface area contributed by atoms with Crippen LogP contribution < -0.4 is 5.32 Å². The normalized spacial score (nSPS) is 14.9. The van der Waals surface area contributed by atoms with Gasteiger partial charge in [0.2, 0.25) is 0 Å². The molecule has 1 fully saturated rings. The molecule has 1 aromatic rings. The number of carbonyl (C=O) groups excluding carboxylic acids is 2. The van der Waals surface area contributed by atoms with Crippen molar-refractivity contribution in [2.45, 2.75) is 19.8 Å². The van der Waals surface area contributed by atoms with E-state index >= 15 is 0 Å². The second-order valence-corrected chi connectivity index (χ2v) is 7.55. The van der Waals surface area contributed by atoms with Gasteiger partial charge in [0.1, 0.15) is 10.1 Å². The Bertz CT molecular complexity index is 634. The van der Waals surface area contributed by atoms with Gasteiger partial charge >= 0.3 is 5.97 Å². The highest BCUT2D eigenvalue weighted by Crippen LogP contribution is 2.20. The van der Waals surface area contributed by atoms with Crippen molar-refractivity contribution in [1.29, 1.82) is 0 Å². The van der Waals surface area contributed by atoms with Gasteiger partial charge < -0.3 is 15.0 Å². The van der Waals surface area contributed by atoms with E-state index in [1.807, 2.05) is 0 Å². The van der Waals surface area contributed by atoms with Crippen LogP contribution in [-0.4, -0.2) is 46.5 Å². The zero-order chi connectivity index (χ0) is 18.2.